The number of anilines is 1. The van der Waals surface area contributed by atoms with Gasteiger partial charge in [0.25, 0.3) is 0 Å². The van der Waals surface area contributed by atoms with Crippen LogP contribution in [0.25, 0.3) is 17.0 Å². The van der Waals surface area contributed by atoms with E-state index in [1.54, 1.807) is 12.4 Å². The highest BCUT2D eigenvalue weighted by atomic mass is 16.3. The Morgan fingerprint density at radius 2 is 1.89 bits per heavy atom. The molecule has 194 valence electrons. The van der Waals surface area contributed by atoms with Gasteiger partial charge in [0.1, 0.15) is 17.4 Å². The summed E-state index contributed by atoms with van der Waals surface area (Å²) in [6, 6.07) is 14.4. The summed E-state index contributed by atoms with van der Waals surface area (Å²) in [5.41, 5.74) is 5.67. The van der Waals surface area contributed by atoms with Crippen LogP contribution in [0.2, 0.25) is 0 Å². The number of nitrogens with zero attached hydrogens (tertiary/aromatic N) is 6. The number of likely N-dealkylation sites (tertiary alicyclic amines) is 1. The summed E-state index contributed by atoms with van der Waals surface area (Å²) >= 11 is 0. The molecule has 1 aromatic carbocycles. The molecule has 2 N–H and O–H groups in total. The molecule has 8 heteroatoms. The van der Waals surface area contributed by atoms with E-state index in [4.69, 9.17) is 4.98 Å². The molecule has 4 heterocycles. The zero-order valence-corrected chi connectivity index (χ0v) is 22.1. The van der Waals surface area contributed by atoms with Gasteiger partial charge >= 0.3 is 0 Å². The lowest BCUT2D eigenvalue weighted by Gasteiger charge is -2.37. The van der Waals surface area contributed by atoms with Crippen molar-refractivity contribution in [3.63, 3.8) is 0 Å². The average Bonchev–Trinajstić information content (AvgIpc) is 3.60. The van der Waals surface area contributed by atoms with Crippen LogP contribution in [0.4, 0.5) is 5.95 Å². The molecule has 0 amide bonds. The minimum atomic E-state index is -0.539. The van der Waals surface area contributed by atoms with Gasteiger partial charge in [0, 0.05) is 11.7 Å². The second kappa shape index (κ2) is 9.50. The lowest BCUT2D eigenvalue weighted by Crippen LogP contribution is -2.43. The molecule has 6 rings (SSSR count). The van der Waals surface area contributed by atoms with Crippen molar-refractivity contribution >= 4 is 11.6 Å². The number of nitriles is 1. The molecule has 2 fully saturated rings. The molecule has 2 aliphatic rings. The van der Waals surface area contributed by atoms with Gasteiger partial charge in [0.05, 0.1) is 35.8 Å². The maximum absolute atomic E-state index is 11.1. The third-order valence-electron chi connectivity index (χ3n) is 8.47. The predicted molar refractivity (Wildman–Crippen MR) is 147 cm³/mol. The van der Waals surface area contributed by atoms with Crippen LogP contribution in [-0.4, -0.2) is 48.5 Å². The number of pyridine rings is 1. The van der Waals surface area contributed by atoms with Crippen LogP contribution in [-0.2, 0) is 0 Å². The summed E-state index contributed by atoms with van der Waals surface area (Å²) in [6.07, 6.45) is 9.28. The molecule has 0 radical (unpaired) electrons. The number of rotatable bonds is 7. The molecule has 38 heavy (non-hydrogen) atoms. The molecule has 0 spiro atoms. The standard InChI is InChI=1S/C30H33N7O/c1-19(20-7-11-22(12-8-20)27(38)30(2)13-5-14-36(30)3)34-29-33-17-23(16-31)26(35-29)25-18-32-28-24(21-9-10-21)6-4-15-37(25)28/h4,6-8,11-12,15,17-19,21,27,38H,5,9-10,13-14H2,1-3H3,(H,33,34,35)/t19-,27?,30?/m0/s1. The Hall–Kier alpha value is -3.80. The largest absolute Gasteiger partial charge is 0.386 e. The normalized spacial score (nSPS) is 21.3. The van der Waals surface area contributed by atoms with E-state index >= 15 is 0 Å². The summed E-state index contributed by atoms with van der Waals surface area (Å²) in [6.45, 7) is 5.20. The monoisotopic (exact) mass is 507 g/mol. The molecule has 3 atom stereocenters. The Balaban J connectivity index is 1.24. The number of imidazole rings is 1. The fraction of sp³-hybridized carbons (Fsp3) is 0.400. The lowest BCUT2D eigenvalue weighted by atomic mass is 9.86. The Kier molecular flexibility index (Phi) is 6.13. The Morgan fingerprint density at radius 3 is 2.58 bits per heavy atom. The predicted octanol–water partition coefficient (Wildman–Crippen LogP) is 5.23. The number of benzene rings is 1. The van der Waals surface area contributed by atoms with E-state index < -0.39 is 6.10 Å². The highest BCUT2D eigenvalue weighted by Crippen LogP contribution is 2.42. The van der Waals surface area contributed by atoms with Crippen molar-refractivity contribution < 1.29 is 5.11 Å². The van der Waals surface area contributed by atoms with Crippen molar-refractivity contribution in [3.05, 3.63) is 77.2 Å². The Labute approximate surface area is 223 Å². The van der Waals surface area contributed by atoms with Crippen LogP contribution >= 0.6 is 0 Å². The first-order chi connectivity index (χ1) is 18.4. The molecule has 8 nitrogen and oxygen atoms in total. The Bertz CT molecular complexity index is 1520. The van der Waals surface area contributed by atoms with E-state index in [0.29, 0.717) is 23.1 Å². The number of aliphatic hydroxyl groups excluding tert-OH is 1. The number of nitrogens with one attached hydrogen (secondary N) is 1. The van der Waals surface area contributed by atoms with Crippen LogP contribution in [0.15, 0.2) is 55.0 Å². The summed E-state index contributed by atoms with van der Waals surface area (Å²) in [5.74, 6) is 1.02. The highest BCUT2D eigenvalue weighted by Gasteiger charge is 2.41. The van der Waals surface area contributed by atoms with Crippen LogP contribution < -0.4 is 5.32 Å². The van der Waals surface area contributed by atoms with Crippen molar-refractivity contribution in [2.75, 3.05) is 18.9 Å². The van der Waals surface area contributed by atoms with E-state index in [2.05, 4.69) is 53.2 Å². The van der Waals surface area contributed by atoms with Crippen molar-refractivity contribution in [1.82, 2.24) is 24.3 Å². The van der Waals surface area contributed by atoms with Crippen LogP contribution in [0, 0.1) is 11.3 Å². The van der Waals surface area contributed by atoms with E-state index in [-0.39, 0.29) is 11.6 Å². The molecular weight excluding hydrogens is 474 g/mol. The first-order valence-corrected chi connectivity index (χ1v) is 13.4. The minimum absolute atomic E-state index is 0.0737. The first kappa shape index (κ1) is 24.5. The average molecular weight is 508 g/mol. The third kappa shape index (κ3) is 4.22. The van der Waals surface area contributed by atoms with Crippen LogP contribution in [0.5, 0.6) is 0 Å². The lowest BCUT2D eigenvalue weighted by molar-refractivity contribution is 0.0158. The number of fused-ring (bicyclic) bond motifs is 1. The molecule has 2 unspecified atom stereocenters. The van der Waals surface area contributed by atoms with Gasteiger partial charge in [0.15, 0.2) is 0 Å². The summed E-state index contributed by atoms with van der Waals surface area (Å²) in [5, 5.41) is 24.3. The molecule has 1 saturated carbocycles. The van der Waals surface area contributed by atoms with Gasteiger partial charge in [-0.2, -0.15) is 5.26 Å². The second-order valence-electron chi connectivity index (χ2n) is 11.0. The van der Waals surface area contributed by atoms with Crippen molar-refractivity contribution in [3.8, 4) is 17.5 Å². The van der Waals surface area contributed by atoms with Gasteiger partial charge in [-0.25, -0.2) is 15.0 Å². The number of aliphatic hydroxyl groups is 1. The molecule has 3 aromatic heterocycles. The minimum Gasteiger partial charge on any atom is -0.386 e. The van der Waals surface area contributed by atoms with Crippen LogP contribution in [0.3, 0.4) is 0 Å². The van der Waals surface area contributed by atoms with Gasteiger partial charge in [-0.15, -0.1) is 0 Å². The number of aromatic nitrogens is 4. The quantitative estimate of drug-likeness (QED) is 0.353. The zero-order chi connectivity index (χ0) is 26.4. The van der Waals surface area contributed by atoms with E-state index in [9.17, 15) is 10.4 Å². The van der Waals surface area contributed by atoms with E-state index in [1.807, 2.05) is 40.9 Å². The maximum Gasteiger partial charge on any atom is 0.223 e. The van der Waals surface area contributed by atoms with E-state index in [1.165, 1.54) is 18.4 Å². The van der Waals surface area contributed by atoms with Gasteiger partial charge in [-0.05, 0) is 81.8 Å². The van der Waals surface area contributed by atoms with E-state index in [0.717, 1.165) is 41.9 Å². The molecular formula is C30H33N7O. The molecule has 1 aliphatic heterocycles. The van der Waals surface area contributed by atoms with Gasteiger partial charge < -0.3 is 10.4 Å². The molecule has 1 saturated heterocycles. The number of hydrogen-bond donors (Lipinski definition) is 2. The van der Waals surface area contributed by atoms with Crippen molar-refractivity contribution in [2.24, 2.45) is 0 Å². The molecule has 4 aromatic rings. The smallest absolute Gasteiger partial charge is 0.223 e. The zero-order valence-electron chi connectivity index (χ0n) is 22.1. The van der Waals surface area contributed by atoms with Gasteiger partial charge in [-0.3, -0.25) is 9.30 Å². The summed E-state index contributed by atoms with van der Waals surface area (Å²) in [4.78, 5) is 16.1. The second-order valence-corrected chi connectivity index (χ2v) is 11.0. The first-order valence-electron chi connectivity index (χ1n) is 13.4. The van der Waals surface area contributed by atoms with Crippen LogP contribution in [0.1, 0.15) is 79.8 Å². The maximum atomic E-state index is 11.1. The highest BCUT2D eigenvalue weighted by molar-refractivity contribution is 5.68. The fourth-order valence-electron chi connectivity index (χ4n) is 5.72. The van der Waals surface area contributed by atoms with Crippen molar-refractivity contribution in [2.45, 2.75) is 63.1 Å². The Morgan fingerprint density at radius 1 is 1.13 bits per heavy atom. The molecule has 0 bridgehead atoms. The molecule has 1 aliphatic carbocycles. The summed E-state index contributed by atoms with van der Waals surface area (Å²) in [7, 11) is 2.08. The third-order valence-corrected chi connectivity index (χ3v) is 8.47. The number of likely N-dealkylation sites (N-methyl/N-ethyl adjacent to an activating group) is 1. The van der Waals surface area contributed by atoms with Crippen molar-refractivity contribution in [1.29, 1.82) is 5.26 Å². The van der Waals surface area contributed by atoms with Gasteiger partial charge in [-0.1, -0.05) is 30.3 Å². The van der Waals surface area contributed by atoms with Gasteiger partial charge in [0.2, 0.25) is 5.95 Å². The SMILES string of the molecule is C[C@H](Nc1ncc(C#N)c(-c2cnc3c(C4CC4)cccn23)n1)c1ccc(C(O)C2(C)CCCN2C)cc1. The number of hydrogen-bond acceptors (Lipinski definition) is 7. The summed E-state index contributed by atoms with van der Waals surface area (Å²) < 4.78 is 2.02. The topological polar surface area (TPSA) is 102 Å². The fourth-order valence-corrected chi connectivity index (χ4v) is 5.72.